The molecule has 1 atom stereocenters. The number of aliphatic hydroxyl groups is 1. The molecule has 0 saturated heterocycles. The largest absolute Gasteiger partial charge is 0.479 e. The quantitative estimate of drug-likeness (QED) is 0.636. The molecule has 0 radical (unpaired) electrons. The lowest BCUT2D eigenvalue weighted by atomic mass is 10.2. The van der Waals surface area contributed by atoms with Gasteiger partial charge >= 0.3 is 5.97 Å². The van der Waals surface area contributed by atoms with Gasteiger partial charge in [-0.3, -0.25) is 4.79 Å². The SMILES string of the molecule is Cn1cccc1C(=O)NCCC(O)C(=O)O. The lowest BCUT2D eigenvalue weighted by molar-refractivity contribution is -0.146. The van der Waals surface area contributed by atoms with Gasteiger partial charge in [0.2, 0.25) is 0 Å². The maximum absolute atomic E-state index is 11.5. The van der Waals surface area contributed by atoms with Gasteiger partial charge in [-0.2, -0.15) is 0 Å². The van der Waals surface area contributed by atoms with E-state index in [1.165, 1.54) is 0 Å². The standard InChI is InChI=1S/C10H14N2O4/c1-12-6-2-3-7(12)9(14)11-5-4-8(13)10(15)16/h2-3,6,8,13H,4-5H2,1H3,(H,11,14)(H,15,16). The molecule has 3 N–H and O–H groups in total. The summed E-state index contributed by atoms with van der Waals surface area (Å²) in [4.78, 5) is 21.8. The molecule has 16 heavy (non-hydrogen) atoms. The van der Waals surface area contributed by atoms with E-state index in [4.69, 9.17) is 10.2 Å². The van der Waals surface area contributed by atoms with Crippen LogP contribution in [0.3, 0.4) is 0 Å². The zero-order valence-electron chi connectivity index (χ0n) is 8.88. The van der Waals surface area contributed by atoms with Gasteiger partial charge in [-0.05, 0) is 12.1 Å². The molecule has 0 aliphatic rings. The number of nitrogens with one attached hydrogen (secondary N) is 1. The van der Waals surface area contributed by atoms with Crippen LogP contribution in [0.5, 0.6) is 0 Å². The molecule has 0 fully saturated rings. The minimum atomic E-state index is -1.44. The molecule has 0 saturated carbocycles. The Hall–Kier alpha value is -1.82. The number of aliphatic carboxylic acids is 1. The number of carbonyl (C=O) groups is 2. The number of hydrogen-bond acceptors (Lipinski definition) is 3. The summed E-state index contributed by atoms with van der Waals surface area (Å²) in [5.41, 5.74) is 0.491. The minimum absolute atomic E-state index is 0.00844. The molecular weight excluding hydrogens is 212 g/mol. The average Bonchev–Trinajstić information content (AvgIpc) is 2.64. The zero-order valence-corrected chi connectivity index (χ0v) is 8.88. The van der Waals surface area contributed by atoms with Crippen LogP contribution >= 0.6 is 0 Å². The number of rotatable bonds is 5. The Balaban J connectivity index is 2.37. The summed E-state index contributed by atoms with van der Waals surface area (Å²) in [5.74, 6) is -1.57. The first kappa shape index (κ1) is 12.3. The van der Waals surface area contributed by atoms with Crippen LogP contribution in [0.4, 0.5) is 0 Å². The second-order valence-corrected chi connectivity index (χ2v) is 3.40. The molecule has 0 bridgehead atoms. The summed E-state index contributed by atoms with van der Waals surface area (Å²) in [5, 5.41) is 19.9. The Morgan fingerprint density at radius 1 is 1.56 bits per heavy atom. The molecule has 0 spiro atoms. The highest BCUT2D eigenvalue weighted by molar-refractivity contribution is 5.92. The normalized spacial score (nSPS) is 12.1. The first-order valence-electron chi connectivity index (χ1n) is 4.82. The van der Waals surface area contributed by atoms with E-state index in [0.29, 0.717) is 5.69 Å². The van der Waals surface area contributed by atoms with Crippen LogP contribution < -0.4 is 5.32 Å². The maximum atomic E-state index is 11.5. The van der Waals surface area contributed by atoms with Gasteiger partial charge < -0.3 is 20.1 Å². The number of aryl methyl sites for hydroxylation is 1. The van der Waals surface area contributed by atoms with Crippen LogP contribution in [-0.2, 0) is 11.8 Å². The Labute approximate surface area is 92.5 Å². The zero-order chi connectivity index (χ0) is 12.1. The van der Waals surface area contributed by atoms with Crippen LogP contribution in [0.1, 0.15) is 16.9 Å². The van der Waals surface area contributed by atoms with Gasteiger partial charge in [-0.25, -0.2) is 4.79 Å². The van der Waals surface area contributed by atoms with E-state index in [9.17, 15) is 9.59 Å². The van der Waals surface area contributed by atoms with Crippen molar-refractivity contribution < 1.29 is 19.8 Å². The van der Waals surface area contributed by atoms with E-state index in [1.54, 1.807) is 29.9 Å². The monoisotopic (exact) mass is 226 g/mol. The highest BCUT2D eigenvalue weighted by Crippen LogP contribution is 1.99. The Morgan fingerprint density at radius 3 is 2.75 bits per heavy atom. The summed E-state index contributed by atoms with van der Waals surface area (Å²) < 4.78 is 1.66. The van der Waals surface area contributed by atoms with Gasteiger partial charge in [0.25, 0.3) is 5.91 Å². The number of amides is 1. The minimum Gasteiger partial charge on any atom is -0.479 e. The number of aromatic nitrogens is 1. The summed E-state index contributed by atoms with van der Waals surface area (Å²) >= 11 is 0. The van der Waals surface area contributed by atoms with Gasteiger partial charge in [0.15, 0.2) is 6.10 Å². The topological polar surface area (TPSA) is 91.6 Å². The lowest BCUT2D eigenvalue weighted by Crippen LogP contribution is -2.30. The first-order valence-corrected chi connectivity index (χ1v) is 4.82. The Kier molecular flexibility index (Phi) is 4.07. The molecule has 6 nitrogen and oxygen atoms in total. The predicted molar refractivity (Wildman–Crippen MR) is 56.0 cm³/mol. The van der Waals surface area contributed by atoms with E-state index < -0.39 is 12.1 Å². The third-order valence-corrected chi connectivity index (χ3v) is 2.16. The van der Waals surface area contributed by atoms with Crippen LogP contribution in [-0.4, -0.2) is 39.3 Å². The smallest absolute Gasteiger partial charge is 0.332 e. The van der Waals surface area contributed by atoms with Gasteiger partial charge in [0.1, 0.15) is 5.69 Å². The second-order valence-electron chi connectivity index (χ2n) is 3.40. The number of hydrogen-bond donors (Lipinski definition) is 3. The van der Waals surface area contributed by atoms with Crippen molar-refractivity contribution in [3.05, 3.63) is 24.0 Å². The molecule has 1 aromatic rings. The highest BCUT2D eigenvalue weighted by atomic mass is 16.4. The van der Waals surface area contributed by atoms with Crippen molar-refractivity contribution in [3.8, 4) is 0 Å². The molecule has 1 unspecified atom stereocenters. The summed E-state index contributed by atoms with van der Waals surface area (Å²) in [6, 6.07) is 3.39. The van der Waals surface area contributed by atoms with Crippen LogP contribution in [0, 0.1) is 0 Å². The molecule has 88 valence electrons. The molecule has 1 heterocycles. The maximum Gasteiger partial charge on any atom is 0.332 e. The van der Waals surface area contributed by atoms with E-state index in [1.807, 2.05) is 0 Å². The Bertz CT molecular complexity index is 386. The van der Waals surface area contributed by atoms with Gasteiger partial charge in [-0.1, -0.05) is 0 Å². The molecule has 1 rings (SSSR count). The fourth-order valence-corrected chi connectivity index (χ4v) is 1.23. The van der Waals surface area contributed by atoms with Crippen LogP contribution in [0.25, 0.3) is 0 Å². The van der Waals surface area contributed by atoms with Crippen LogP contribution in [0.15, 0.2) is 18.3 Å². The van der Waals surface area contributed by atoms with E-state index in [-0.39, 0.29) is 18.9 Å². The number of carboxylic acid groups (broad SMARTS) is 1. The number of aliphatic hydroxyl groups excluding tert-OH is 1. The predicted octanol–water partition coefficient (Wildman–Crippen LogP) is -0.410. The number of carbonyl (C=O) groups excluding carboxylic acids is 1. The number of nitrogens with zero attached hydrogens (tertiary/aromatic N) is 1. The second kappa shape index (κ2) is 5.32. The van der Waals surface area contributed by atoms with Crippen molar-refractivity contribution in [2.45, 2.75) is 12.5 Å². The van der Waals surface area contributed by atoms with Crippen molar-refractivity contribution in [1.29, 1.82) is 0 Å². The van der Waals surface area contributed by atoms with Crippen molar-refractivity contribution in [2.24, 2.45) is 7.05 Å². The molecule has 0 aliphatic heterocycles. The number of carboxylic acids is 1. The van der Waals surface area contributed by atoms with Gasteiger partial charge in [-0.15, -0.1) is 0 Å². The van der Waals surface area contributed by atoms with E-state index in [0.717, 1.165) is 0 Å². The fraction of sp³-hybridized carbons (Fsp3) is 0.400. The van der Waals surface area contributed by atoms with E-state index in [2.05, 4.69) is 5.32 Å². The molecule has 1 amide bonds. The van der Waals surface area contributed by atoms with Crippen molar-refractivity contribution in [2.75, 3.05) is 6.54 Å². The third-order valence-electron chi connectivity index (χ3n) is 2.16. The summed E-state index contributed by atoms with van der Waals surface area (Å²) in [6.45, 7) is 0.123. The van der Waals surface area contributed by atoms with Crippen LogP contribution in [0.2, 0.25) is 0 Å². The highest BCUT2D eigenvalue weighted by Gasteiger charge is 2.14. The van der Waals surface area contributed by atoms with Gasteiger partial charge in [0.05, 0.1) is 0 Å². The third kappa shape index (κ3) is 3.09. The van der Waals surface area contributed by atoms with Crippen molar-refractivity contribution >= 4 is 11.9 Å². The van der Waals surface area contributed by atoms with Crippen molar-refractivity contribution in [1.82, 2.24) is 9.88 Å². The molecule has 0 aliphatic carbocycles. The van der Waals surface area contributed by atoms with Gasteiger partial charge in [0, 0.05) is 26.2 Å². The Morgan fingerprint density at radius 2 is 2.25 bits per heavy atom. The molecule has 0 aromatic carbocycles. The fourth-order valence-electron chi connectivity index (χ4n) is 1.23. The first-order chi connectivity index (χ1) is 7.52. The molecule has 6 heteroatoms. The molecule has 1 aromatic heterocycles. The molecular formula is C10H14N2O4. The lowest BCUT2D eigenvalue weighted by Gasteiger charge is -2.07. The summed E-state index contributed by atoms with van der Waals surface area (Å²) in [7, 11) is 1.74. The van der Waals surface area contributed by atoms with Crippen molar-refractivity contribution in [3.63, 3.8) is 0 Å². The van der Waals surface area contributed by atoms with E-state index >= 15 is 0 Å². The summed E-state index contributed by atoms with van der Waals surface area (Å²) in [6.07, 6.45) is 0.292. The average molecular weight is 226 g/mol.